The van der Waals surface area contributed by atoms with E-state index in [-0.39, 0.29) is 30.7 Å². The highest BCUT2D eigenvalue weighted by atomic mass is 16.5. The Morgan fingerprint density at radius 2 is 1.97 bits per heavy atom. The van der Waals surface area contributed by atoms with Gasteiger partial charge in [-0.3, -0.25) is 19.3 Å². The number of nitrogens with one attached hydrogen (secondary N) is 2. The van der Waals surface area contributed by atoms with Gasteiger partial charge in [0.1, 0.15) is 0 Å². The molecular weight excluding hydrogens is 406 g/mol. The second-order valence-corrected chi connectivity index (χ2v) is 8.75. The molecule has 2 atom stereocenters. The van der Waals surface area contributed by atoms with Gasteiger partial charge in [-0.25, -0.2) is 0 Å². The number of rotatable bonds is 5. The summed E-state index contributed by atoms with van der Waals surface area (Å²) in [4.78, 5) is 34.7. The van der Waals surface area contributed by atoms with Gasteiger partial charge in [-0.1, -0.05) is 0 Å². The first-order chi connectivity index (χ1) is 14.8. The van der Waals surface area contributed by atoms with Crippen molar-refractivity contribution in [3.05, 3.63) is 24.2 Å². The van der Waals surface area contributed by atoms with Crippen LogP contribution in [0.1, 0.15) is 49.6 Å². The minimum Gasteiger partial charge on any atom is -0.483 e. The molecule has 1 aromatic heterocycles. The van der Waals surface area contributed by atoms with Crippen LogP contribution in [0.5, 0.6) is 0 Å². The Bertz CT molecular complexity index is 753. The van der Waals surface area contributed by atoms with Crippen molar-refractivity contribution in [1.82, 2.24) is 15.5 Å². The number of amides is 2. The Labute approximate surface area is 180 Å². The standard InChI is InChI=1S/C20H29N3O5.CH2O2/c1-19(26)13-20(28-12-16(19)22-18(25)15-3-2-10-27-15)6-8-23(9-7-20)11-17(24)21-14-4-5-14;2-1-3/h2-3,10,14,16,26H,4-9,11-13H2,1H3,(H,21,24)(H,22,25);1H,(H,2,3)/t16-,19-;/m0./s1. The van der Waals surface area contributed by atoms with E-state index in [1.54, 1.807) is 19.1 Å². The van der Waals surface area contributed by atoms with Crippen LogP contribution in [0.2, 0.25) is 0 Å². The molecule has 31 heavy (non-hydrogen) atoms. The fourth-order valence-corrected chi connectivity index (χ4v) is 4.24. The van der Waals surface area contributed by atoms with Crippen LogP contribution < -0.4 is 10.6 Å². The van der Waals surface area contributed by atoms with Crippen molar-refractivity contribution in [3.63, 3.8) is 0 Å². The number of hydrogen-bond acceptors (Lipinski definition) is 7. The molecule has 2 aliphatic heterocycles. The van der Waals surface area contributed by atoms with E-state index in [1.165, 1.54) is 6.26 Å². The van der Waals surface area contributed by atoms with Crippen molar-refractivity contribution in [2.45, 2.75) is 62.3 Å². The Kier molecular flexibility index (Phi) is 7.34. The molecule has 1 aromatic rings. The lowest BCUT2D eigenvalue weighted by molar-refractivity contribution is -0.186. The average Bonchev–Trinajstić information content (AvgIpc) is 3.34. The number of carbonyl (C=O) groups excluding carboxylic acids is 2. The molecule has 0 aromatic carbocycles. The molecule has 1 spiro atoms. The molecule has 10 nitrogen and oxygen atoms in total. The number of aliphatic hydroxyl groups is 1. The lowest BCUT2D eigenvalue weighted by atomic mass is 9.75. The highest BCUT2D eigenvalue weighted by molar-refractivity contribution is 5.91. The van der Waals surface area contributed by atoms with Crippen LogP contribution in [-0.4, -0.2) is 82.9 Å². The minimum atomic E-state index is -1.08. The van der Waals surface area contributed by atoms with E-state index in [4.69, 9.17) is 19.1 Å². The van der Waals surface area contributed by atoms with Gasteiger partial charge in [0.15, 0.2) is 5.76 Å². The number of hydrogen-bond donors (Lipinski definition) is 4. The van der Waals surface area contributed by atoms with Crippen LogP contribution in [-0.2, 0) is 14.3 Å². The number of furan rings is 1. The number of ether oxygens (including phenoxy) is 1. The molecule has 3 fully saturated rings. The maximum atomic E-state index is 12.2. The highest BCUT2D eigenvalue weighted by Gasteiger charge is 2.49. The molecule has 0 bridgehead atoms. The van der Waals surface area contributed by atoms with E-state index in [9.17, 15) is 14.7 Å². The summed E-state index contributed by atoms with van der Waals surface area (Å²) in [6.07, 6.45) is 5.60. The summed E-state index contributed by atoms with van der Waals surface area (Å²) in [5, 5.41) is 23.7. The predicted molar refractivity (Wildman–Crippen MR) is 109 cm³/mol. The van der Waals surface area contributed by atoms with Crippen LogP contribution in [0.25, 0.3) is 0 Å². The molecule has 4 N–H and O–H groups in total. The lowest BCUT2D eigenvalue weighted by Crippen LogP contribution is -2.64. The molecule has 1 saturated carbocycles. The molecular formula is C21H31N3O7. The van der Waals surface area contributed by atoms with Crippen LogP contribution in [0.15, 0.2) is 22.8 Å². The summed E-state index contributed by atoms with van der Waals surface area (Å²) in [6, 6.07) is 3.12. The zero-order chi connectivity index (χ0) is 22.5. The van der Waals surface area contributed by atoms with Crippen molar-refractivity contribution in [3.8, 4) is 0 Å². The average molecular weight is 437 g/mol. The van der Waals surface area contributed by atoms with E-state index in [1.807, 2.05) is 0 Å². The van der Waals surface area contributed by atoms with Crippen molar-refractivity contribution < 1.29 is 33.8 Å². The van der Waals surface area contributed by atoms with Gasteiger partial charge < -0.3 is 30.0 Å². The molecule has 2 saturated heterocycles. The molecule has 2 amide bonds. The zero-order valence-electron chi connectivity index (χ0n) is 17.7. The molecule has 1 aliphatic carbocycles. The molecule has 4 rings (SSSR count). The Morgan fingerprint density at radius 1 is 1.29 bits per heavy atom. The maximum Gasteiger partial charge on any atom is 0.290 e. The number of carbonyl (C=O) groups is 3. The quantitative estimate of drug-likeness (QED) is 0.484. The van der Waals surface area contributed by atoms with Gasteiger partial charge in [0, 0.05) is 25.6 Å². The van der Waals surface area contributed by atoms with Crippen molar-refractivity contribution >= 4 is 18.3 Å². The van der Waals surface area contributed by atoms with Crippen LogP contribution in [0.3, 0.4) is 0 Å². The Balaban J connectivity index is 0.000000858. The summed E-state index contributed by atoms with van der Waals surface area (Å²) in [7, 11) is 0. The predicted octanol–water partition coefficient (Wildman–Crippen LogP) is 0.363. The van der Waals surface area contributed by atoms with Gasteiger partial charge in [0.2, 0.25) is 5.91 Å². The summed E-state index contributed by atoms with van der Waals surface area (Å²) in [5.74, 6) is -0.0455. The van der Waals surface area contributed by atoms with E-state index < -0.39 is 17.2 Å². The number of piperidine rings is 1. The third kappa shape index (κ3) is 6.28. The summed E-state index contributed by atoms with van der Waals surface area (Å²) < 4.78 is 11.3. The van der Waals surface area contributed by atoms with Gasteiger partial charge in [0.25, 0.3) is 12.4 Å². The molecule has 0 unspecified atom stereocenters. The highest BCUT2D eigenvalue weighted by Crippen LogP contribution is 2.39. The summed E-state index contributed by atoms with van der Waals surface area (Å²) >= 11 is 0. The molecule has 10 heteroatoms. The van der Waals surface area contributed by atoms with E-state index in [0.29, 0.717) is 19.0 Å². The Morgan fingerprint density at radius 3 is 2.52 bits per heavy atom. The zero-order valence-corrected chi connectivity index (χ0v) is 17.7. The Hall–Kier alpha value is -2.43. The molecule has 3 aliphatic rings. The molecule has 0 radical (unpaired) electrons. The SMILES string of the molecule is C[C@]1(O)CC2(CCN(CC(=O)NC3CC3)CC2)OC[C@@H]1NC(=O)c1ccco1.O=CO. The fourth-order valence-electron chi connectivity index (χ4n) is 4.24. The first-order valence-corrected chi connectivity index (χ1v) is 10.6. The number of carboxylic acid groups (broad SMARTS) is 1. The normalized spacial score (nSPS) is 27.6. The van der Waals surface area contributed by atoms with Gasteiger partial charge in [-0.05, 0) is 44.7 Å². The van der Waals surface area contributed by atoms with Crippen molar-refractivity contribution in [1.29, 1.82) is 0 Å². The fraction of sp³-hybridized carbons (Fsp3) is 0.667. The van der Waals surface area contributed by atoms with Crippen LogP contribution in [0, 0.1) is 0 Å². The second-order valence-electron chi connectivity index (χ2n) is 8.75. The van der Waals surface area contributed by atoms with E-state index in [2.05, 4.69) is 15.5 Å². The second kappa shape index (κ2) is 9.80. The smallest absolute Gasteiger partial charge is 0.290 e. The van der Waals surface area contributed by atoms with E-state index in [0.717, 1.165) is 38.8 Å². The third-order valence-electron chi connectivity index (χ3n) is 6.11. The van der Waals surface area contributed by atoms with Crippen molar-refractivity contribution in [2.75, 3.05) is 26.2 Å². The topological polar surface area (TPSA) is 141 Å². The monoisotopic (exact) mass is 437 g/mol. The maximum absolute atomic E-state index is 12.2. The van der Waals surface area contributed by atoms with Crippen LogP contribution >= 0.6 is 0 Å². The summed E-state index contributed by atoms with van der Waals surface area (Å²) in [6.45, 7) is 3.70. The number of nitrogens with zero attached hydrogens (tertiary/aromatic N) is 1. The summed E-state index contributed by atoms with van der Waals surface area (Å²) in [5.41, 5.74) is -1.48. The number of likely N-dealkylation sites (tertiary alicyclic amines) is 1. The molecule has 172 valence electrons. The largest absolute Gasteiger partial charge is 0.483 e. The molecule has 3 heterocycles. The first-order valence-electron chi connectivity index (χ1n) is 10.6. The van der Waals surface area contributed by atoms with Gasteiger partial charge >= 0.3 is 0 Å². The third-order valence-corrected chi connectivity index (χ3v) is 6.11. The van der Waals surface area contributed by atoms with Crippen molar-refractivity contribution in [2.24, 2.45) is 0 Å². The van der Waals surface area contributed by atoms with Gasteiger partial charge in [0.05, 0.1) is 36.7 Å². The van der Waals surface area contributed by atoms with Crippen LogP contribution in [0.4, 0.5) is 0 Å². The lowest BCUT2D eigenvalue weighted by Gasteiger charge is -2.51. The van der Waals surface area contributed by atoms with Gasteiger partial charge in [-0.15, -0.1) is 0 Å². The van der Waals surface area contributed by atoms with E-state index >= 15 is 0 Å². The first kappa shape index (κ1) is 23.2. The van der Waals surface area contributed by atoms with Gasteiger partial charge in [-0.2, -0.15) is 0 Å². The minimum absolute atomic E-state index is 0.0933.